The lowest BCUT2D eigenvalue weighted by Crippen LogP contribution is -2.25. The number of amides is 1. The van der Waals surface area contributed by atoms with E-state index < -0.39 is 0 Å². The Morgan fingerprint density at radius 1 is 1.47 bits per heavy atom. The smallest absolute Gasteiger partial charge is 0.221 e. The van der Waals surface area contributed by atoms with Gasteiger partial charge in [0.2, 0.25) is 11.1 Å². The molecule has 6 heteroatoms. The normalized spacial score (nSPS) is 10.2. The molecular weight excluding hydrogens is 242 g/mol. The van der Waals surface area contributed by atoms with Crippen molar-refractivity contribution >= 4 is 22.8 Å². The average Bonchev–Trinajstić information content (AvgIpc) is 2.67. The molecule has 0 atom stereocenters. The van der Waals surface area contributed by atoms with Gasteiger partial charge >= 0.3 is 0 Å². The van der Waals surface area contributed by atoms with E-state index in [1.54, 1.807) is 4.68 Å². The number of aromatic nitrogens is 2. The van der Waals surface area contributed by atoms with Gasteiger partial charge < -0.3 is 5.32 Å². The molecular formula is C11H16ClN3O2. The van der Waals surface area contributed by atoms with E-state index in [9.17, 15) is 9.59 Å². The third kappa shape index (κ3) is 6.06. The summed E-state index contributed by atoms with van der Waals surface area (Å²) >= 11 is 5.17. The summed E-state index contributed by atoms with van der Waals surface area (Å²) in [5.41, 5.74) is 0.936. The van der Waals surface area contributed by atoms with Gasteiger partial charge in [-0.15, -0.1) is 0 Å². The van der Waals surface area contributed by atoms with Gasteiger partial charge in [0, 0.05) is 32.1 Å². The number of carbonyl (C=O) groups is 2. The molecule has 0 bridgehead atoms. The summed E-state index contributed by atoms with van der Waals surface area (Å²) in [5.74, 6) is -0.0415. The Balaban J connectivity index is 2.11. The van der Waals surface area contributed by atoms with Crippen molar-refractivity contribution in [2.45, 2.75) is 32.7 Å². The lowest BCUT2D eigenvalue weighted by molar-refractivity contribution is -0.121. The number of halogens is 1. The quantitative estimate of drug-likeness (QED) is 0.591. The third-order valence-corrected chi connectivity index (χ3v) is 2.40. The molecule has 1 aromatic heterocycles. The molecule has 1 amide bonds. The van der Waals surface area contributed by atoms with Crippen LogP contribution in [-0.2, 0) is 16.1 Å². The molecule has 1 heterocycles. The monoisotopic (exact) mass is 257 g/mol. The first-order valence-electron chi connectivity index (χ1n) is 5.53. The van der Waals surface area contributed by atoms with E-state index in [4.69, 9.17) is 11.6 Å². The zero-order valence-corrected chi connectivity index (χ0v) is 10.5. The molecule has 1 aromatic rings. The van der Waals surface area contributed by atoms with Gasteiger partial charge in [0.15, 0.2) is 0 Å². The molecule has 0 saturated heterocycles. The van der Waals surface area contributed by atoms with Crippen LogP contribution in [0.5, 0.6) is 0 Å². The third-order valence-electron chi connectivity index (χ3n) is 2.21. The Morgan fingerprint density at radius 2 is 2.24 bits per heavy atom. The van der Waals surface area contributed by atoms with E-state index in [-0.39, 0.29) is 11.1 Å². The van der Waals surface area contributed by atoms with Crippen LogP contribution < -0.4 is 5.32 Å². The molecule has 0 fully saturated rings. The fourth-order valence-corrected chi connectivity index (χ4v) is 1.48. The highest BCUT2D eigenvalue weighted by Gasteiger charge is 2.02. The lowest BCUT2D eigenvalue weighted by atomic mass is 10.3. The molecule has 0 aliphatic rings. The zero-order chi connectivity index (χ0) is 12.7. The van der Waals surface area contributed by atoms with Crippen molar-refractivity contribution in [3.63, 3.8) is 0 Å². The number of hydrogen-bond donors (Lipinski definition) is 1. The minimum absolute atomic E-state index is 0.0415. The summed E-state index contributed by atoms with van der Waals surface area (Å²) in [6.45, 7) is 2.95. The van der Waals surface area contributed by atoms with Gasteiger partial charge in [0.25, 0.3) is 0 Å². The second kappa shape index (κ2) is 7.06. The number of nitrogens with zero attached hydrogens (tertiary/aromatic N) is 2. The van der Waals surface area contributed by atoms with Crippen molar-refractivity contribution < 1.29 is 9.59 Å². The summed E-state index contributed by atoms with van der Waals surface area (Å²) < 4.78 is 1.73. The molecule has 0 spiro atoms. The molecule has 0 aliphatic carbocycles. The SMILES string of the molecule is Cc1ccn(CCC(=O)NCCCC(=O)Cl)n1. The largest absolute Gasteiger partial charge is 0.356 e. The molecule has 17 heavy (non-hydrogen) atoms. The van der Waals surface area contributed by atoms with E-state index in [2.05, 4.69) is 10.4 Å². The molecule has 1 rings (SSSR count). The van der Waals surface area contributed by atoms with E-state index in [0.29, 0.717) is 32.4 Å². The Hall–Kier alpha value is -1.36. The van der Waals surface area contributed by atoms with E-state index in [0.717, 1.165) is 5.69 Å². The van der Waals surface area contributed by atoms with Gasteiger partial charge in [-0.2, -0.15) is 5.10 Å². The Bertz CT molecular complexity index is 390. The van der Waals surface area contributed by atoms with Crippen LogP contribution in [0.25, 0.3) is 0 Å². The Morgan fingerprint density at radius 3 is 2.82 bits per heavy atom. The van der Waals surface area contributed by atoms with Crippen LogP contribution in [0.15, 0.2) is 12.3 Å². The van der Waals surface area contributed by atoms with Gasteiger partial charge in [0.1, 0.15) is 0 Å². The zero-order valence-electron chi connectivity index (χ0n) is 9.78. The van der Waals surface area contributed by atoms with Gasteiger partial charge in [-0.1, -0.05) is 0 Å². The Labute approximate surface area is 105 Å². The van der Waals surface area contributed by atoms with Crippen molar-refractivity contribution in [2.75, 3.05) is 6.54 Å². The highest BCUT2D eigenvalue weighted by molar-refractivity contribution is 6.63. The van der Waals surface area contributed by atoms with Crippen molar-refractivity contribution in [1.29, 1.82) is 0 Å². The standard InChI is InChI=1S/C11H16ClN3O2/c1-9-4-7-15(14-9)8-5-11(17)13-6-2-3-10(12)16/h4,7H,2-3,5-6,8H2,1H3,(H,13,17). The van der Waals surface area contributed by atoms with Crippen molar-refractivity contribution in [3.8, 4) is 0 Å². The maximum atomic E-state index is 11.4. The van der Waals surface area contributed by atoms with Gasteiger partial charge in [-0.3, -0.25) is 14.3 Å². The predicted octanol–water partition coefficient (Wildman–Crippen LogP) is 1.24. The molecule has 1 N–H and O–H groups in total. The summed E-state index contributed by atoms with van der Waals surface area (Å²) in [4.78, 5) is 21.8. The van der Waals surface area contributed by atoms with Crippen molar-refractivity contribution in [2.24, 2.45) is 0 Å². The highest BCUT2D eigenvalue weighted by Crippen LogP contribution is 1.96. The number of hydrogen-bond acceptors (Lipinski definition) is 3. The van der Waals surface area contributed by atoms with Crippen LogP contribution in [0.1, 0.15) is 25.0 Å². The minimum atomic E-state index is -0.369. The van der Waals surface area contributed by atoms with Gasteiger partial charge in [-0.05, 0) is 31.0 Å². The fourth-order valence-electron chi connectivity index (χ4n) is 1.35. The van der Waals surface area contributed by atoms with Crippen molar-refractivity contribution in [1.82, 2.24) is 15.1 Å². The number of nitrogens with one attached hydrogen (secondary N) is 1. The van der Waals surface area contributed by atoms with Crippen LogP contribution in [0, 0.1) is 6.92 Å². The second-order valence-corrected chi connectivity index (χ2v) is 4.20. The van der Waals surface area contributed by atoms with Crippen LogP contribution >= 0.6 is 11.6 Å². The summed E-state index contributed by atoms with van der Waals surface area (Å²) in [6, 6.07) is 1.89. The first kappa shape index (κ1) is 13.7. The average molecular weight is 258 g/mol. The number of carbonyl (C=O) groups excluding carboxylic acids is 2. The fraction of sp³-hybridized carbons (Fsp3) is 0.545. The first-order valence-corrected chi connectivity index (χ1v) is 5.91. The Kier molecular flexibility index (Phi) is 5.69. The first-order chi connectivity index (χ1) is 8.08. The molecule has 0 aromatic carbocycles. The lowest BCUT2D eigenvalue weighted by Gasteiger charge is -2.04. The molecule has 0 aliphatic heterocycles. The van der Waals surface area contributed by atoms with Gasteiger partial charge in [0.05, 0.1) is 5.69 Å². The van der Waals surface area contributed by atoms with E-state index in [1.165, 1.54) is 0 Å². The van der Waals surface area contributed by atoms with Crippen LogP contribution in [0.2, 0.25) is 0 Å². The molecule has 94 valence electrons. The minimum Gasteiger partial charge on any atom is -0.356 e. The summed E-state index contributed by atoms with van der Waals surface area (Å²) in [5, 5.41) is 6.53. The van der Waals surface area contributed by atoms with E-state index >= 15 is 0 Å². The summed E-state index contributed by atoms with van der Waals surface area (Å²) in [6.07, 6.45) is 3.10. The maximum absolute atomic E-state index is 11.4. The maximum Gasteiger partial charge on any atom is 0.221 e. The molecule has 5 nitrogen and oxygen atoms in total. The van der Waals surface area contributed by atoms with Crippen LogP contribution in [-0.4, -0.2) is 27.5 Å². The van der Waals surface area contributed by atoms with Crippen LogP contribution in [0.4, 0.5) is 0 Å². The topological polar surface area (TPSA) is 64.0 Å². The van der Waals surface area contributed by atoms with Crippen molar-refractivity contribution in [3.05, 3.63) is 18.0 Å². The molecule has 0 radical (unpaired) electrons. The highest BCUT2D eigenvalue weighted by atomic mass is 35.5. The van der Waals surface area contributed by atoms with Crippen LogP contribution in [0.3, 0.4) is 0 Å². The van der Waals surface area contributed by atoms with Gasteiger partial charge in [-0.25, -0.2) is 0 Å². The molecule has 0 unspecified atom stereocenters. The molecule has 0 saturated carbocycles. The number of rotatable bonds is 7. The second-order valence-electron chi connectivity index (χ2n) is 3.78. The van der Waals surface area contributed by atoms with E-state index in [1.807, 2.05) is 19.2 Å². The summed E-state index contributed by atoms with van der Waals surface area (Å²) in [7, 11) is 0. The number of aryl methyl sites for hydroxylation is 2. The predicted molar refractivity (Wildman–Crippen MR) is 64.7 cm³/mol.